The van der Waals surface area contributed by atoms with Crippen LogP contribution in [0.1, 0.15) is 38.5 Å². The molecule has 5 heteroatoms. The first-order chi connectivity index (χ1) is 8.32. The minimum Gasteiger partial charge on any atom is -0.315 e. The third-order valence-electron chi connectivity index (χ3n) is 4.37. The maximum absolute atomic E-state index is 11.2. The Morgan fingerprint density at radius 2 is 1.83 bits per heavy atom. The molecule has 4 nitrogen and oxygen atoms in total. The Balaban J connectivity index is 2.63. The zero-order valence-electron chi connectivity index (χ0n) is 12.2. The minimum atomic E-state index is -2.83. The van der Waals surface area contributed by atoms with Crippen LogP contribution >= 0.6 is 0 Å². The molecule has 0 aromatic carbocycles. The molecule has 0 aliphatic heterocycles. The second kappa shape index (κ2) is 6.35. The number of nitrogens with zero attached hydrogens (tertiary/aromatic N) is 1. The molecule has 1 aliphatic rings. The molecule has 1 atom stereocenters. The molecule has 1 N–H and O–H groups in total. The van der Waals surface area contributed by atoms with E-state index in [0.717, 1.165) is 12.8 Å². The lowest BCUT2D eigenvalue weighted by atomic mass is 9.84. The standard InChI is InChI=1S/C13H28N2O2S/c1-14-12(8-7-11-18(4,16)17)13(15(2)3)9-5-6-10-13/h12,14H,5-11H2,1-4H3. The van der Waals surface area contributed by atoms with E-state index in [0.29, 0.717) is 11.8 Å². The van der Waals surface area contributed by atoms with E-state index in [1.54, 1.807) is 0 Å². The van der Waals surface area contributed by atoms with Crippen molar-refractivity contribution in [2.24, 2.45) is 0 Å². The molecule has 108 valence electrons. The van der Waals surface area contributed by atoms with Crippen molar-refractivity contribution < 1.29 is 8.42 Å². The third kappa shape index (κ3) is 3.93. The van der Waals surface area contributed by atoms with Gasteiger partial charge < -0.3 is 10.2 Å². The molecule has 0 aromatic rings. The second-order valence-electron chi connectivity index (χ2n) is 5.82. The van der Waals surface area contributed by atoms with Gasteiger partial charge in [-0.05, 0) is 46.8 Å². The fourth-order valence-electron chi connectivity index (χ4n) is 3.33. The van der Waals surface area contributed by atoms with Gasteiger partial charge in [-0.1, -0.05) is 12.8 Å². The van der Waals surface area contributed by atoms with Gasteiger partial charge in [0.25, 0.3) is 0 Å². The first-order valence-corrected chi connectivity index (χ1v) is 8.90. The molecule has 0 amide bonds. The molecule has 0 aromatic heterocycles. The zero-order chi connectivity index (χ0) is 13.8. The minimum absolute atomic E-state index is 0.215. The van der Waals surface area contributed by atoms with E-state index < -0.39 is 9.84 Å². The highest BCUT2D eigenvalue weighted by molar-refractivity contribution is 7.90. The fraction of sp³-hybridized carbons (Fsp3) is 1.00. The van der Waals surface area contributed by atoms with E-state index in [-0.39, 0.29) is 5.54 Å². The van der Waals surface area contributed by atoms with Crippen molar-refractivity contribution in [3.8, 4) is 0 Å². The summed E-state index contributed by atoms with van der Waals surface area (Å²) in [6, 6.07) is 0.386. The van der Waals surface area contributed by atoms with Gasteiger partial charge in [-0.15, -0.1) is 0 Å². The van der Waals surface area contributed by atoms with Gasteiger partial charge in [0.05, 0.1) is 0 Å². The highest BCUT2D eigenvalue weighted by atomic mass is 32.2. The molecule has 1 rings (SSSR count). The van der Waals surface area contributed by atoms with Crippen LogP contribution in [0.25, 0.3) is 0 Å². The van der Waals surface area contributed by atoms with Crippen LogP contribution < -0.4 is 5.32 Å². The SMILES string of the molecule is CNC(CCCS(C)(=O)=O)C1(N(C)C)CCCC1. The Hall–Kier alpha value is -0.130. The van der Waals surface area contributed by atoms with Crippen LogP contribution in [0.2, 0.25) is 0 Å². The number of hydrogen-bond donors (Lipinski definition) is 1. The summed E-state index contributed by atoms with van der Waals surface area (Å²) in [7, 11) is 3.45. The molecular weight excluding hydrogens is 248 g/mol. The number of hydrogen-bond acceptors (Lipinski definition) is 4. The Bertz CT molecular complexity index is 346. The van der Waals surface area contributed by atoms with Crippen LogP contribution in [0, 0.1) is 0 Å². The van der Waals surface area contributed by atoms with Gasteiger partial charge in [-0.2, -0.15) is 0 Å². The van der Waals surface area contributed by atoms with Gasteiger partial charge in [0.1, 0.15) is 9.84 Å². The Labute approximate surface area is 112 Å². The summed E-state index contributed by atoms with van der Waals surface area (Å²) in [5.74, 6) is 0.300. The first kappa shape index (κ1) is 15.9. The van der Waals surface area contributed by atoms with Crippen molar-refractivity contribution in [1.29, 1.82) is 0 Å². The van der Waals surface area contributed by atoms with Crippen molar-refractivity contribution in [3.63, 3.8) is 0 Å². The van der Waals surface area contributed by atoms with Gasteiger partial charge in [0.15, 0.2) is 0 Å². The van der Waals surface area contributed by atoms with Crippen molar-refractivity contribution >= 4 is 9.84 Å². The summed E-state index contributed by atoms with van der Waals surface area (Å²) < 4.78 is 22.4. The van der Waals surface area contributed by atoms with Crippen LogP contribution in [0.5, 0.6) is 0 Å². The van der Waals surface area contributed by atoms with E-state index in [2.05, 4.69) is 24.3 Å². The molecule has 1 fully saturated rings. The fourth-order valence-corrected chi connectivity index (χ4v) is 4.02. The second-order valence-corrected chi connectivity index (χ2v) is 8.08. The molecule has 1 aliphatic carbocycles. The predicted molar refractivity (Wildman–Crippen MR) is 76.7 cm³/mol. The van der Waals surface area contributed by atoms with E-state index in [9.17, 15) is 8.42 Å². The maximum atomic E-state index is 11.2. The maximum Gasteiger partial charge on any atom is 0.147 e. The molecule has 1 unspecified atom stereocenters. The van der Waals surface area contributed by atoms with Gasteiger partial charge in [-0.3, -0.25) is 0 Å². The predicted octanol–water partition coefficient (Wildman–Crippen LogP) is 1.27. The Morgan fingerprint density at radius 1 is 1.28 bits per heavy atom. The molecule has 0 saturated heterocycles. The van der Waals surface area contributed by atoms with Crippen LogP contribution in [-0.4, -0.2) is 58.1 Å². The number of likely N-dealkylation sites (N-methyl/N-ethyl adjacent to an activating group) is 2. The average molecular weight is 276 g/mol. The molecular formula is C13H28N2O2S. The zero-order valence-corrected chi connectivity index (χ0v) is 13.0. The molecule has 18 heavy (non-hydrogen) atoms. The number of rotatable bonds is 7. The van der Waals surface area contributed by atoms with E-state index >= 15 is 0 Å². The van der Waals surface area contributed by atoms with E-state index in [1.807, 2.05) is 7.05 Å². The first-order valence-electron chi connectivity index (χ1n) is 6.84. The molecule has 0 spiro atoms. The smallest absolute Gasteiger partial charge is 0.147 e. The lowest BCUT2D eigenvalue weighted by Crippen LogP contribution is -2.56. The summed E-state index contributed by atoms with van der Waals surface area (Å²) >= 11 is 0. The highest BCUT2D eigenvalue weighted by Gasteiger charge is 2.42. The number of nitrogens with one attached hydrogen (secondary N) is 1. The van der Waals surface area contributed by atoms with Crippen molar-refractivity contribution in [2.45, 2.75) is 50.1 Å². The number of sulfone groups is 1. The van der Waals surface area contributed by atoms with Crippen molar-refractivity contribution in [1.82, 2.24) is 10.2 Å². The van der Waals surface area contributed by atoms with E-state index in [4.69, 9.17) is 0 Å². The Morgan fingerprint density at radius 3 is 2.22 bits per heavy atom. The topological polar surface area (TPSA) is 49.4 Å². The average Bonchev–Trinajstić information content (AvgIpc) is 2.73. The van der Waals surface area contributed by atoms with Crippen LogP contribution in [0.3, 0.4) is 0 Å². The normalized spacial score (nSPS) is 21.4. The summed E-state index contributed by atoms with van der Waals surface area (Å²) in [4.78, 5) is 2.33. The third-order valence-corrected chi connectivity index (χ3v) is 5.40. The van der Waals surface area contributed by atoms with Gasteiger partial charge in [0, 0.05) is 23.6 Å². The largest absolute Gasteiger partial charge is 0.315 e. The molecule has 0 radical (unpaired) electrons. The van der Waals surface area contributed by atoms with Crippen molar-refractivity contribution in [3.05, 3.63) is 0 Å². The van der Waals surface area contributed by atoms with E-state index in [1.165, 1.54) is 31.9 Å². The summed E-state index contributed by atoms with van der Waals surface area (Å²) in [5.41, 5.74) is 0.215. The van der Waals surface area contributed by atoms with Crippen molar-refractivity contribution in [2.75, 3.05) is 33.2 Å². The van der Waals surface area contributed by atoms with Crippen LogP contribution in [0.4, 0.5) is 0 Å². The van der Waals surface area contributed by atoms with Crippen LogP contribution in [0.15, 0.2) is 0 Å². The molecule has 0 bridgehead atoms. The monoisotopic (exact) mass is 276 g/mol. The van der Waals surface area contributed by atoms with Gasteiger partial charge in [0.2, 0.25) is 0 Å². The van der Waals surface area contributed by atoms with Crippen LogP contribution in [-0.2, 0) is 9.84 Å². The lowest BCUT2D eigenvalue weighted by molar-refractivity contribution is 0.104. The summed E-state index contributed by atoms with van der Waals surface area (Å²) in [6.07, 6.45) is 7.99. The summed E-state index contributed by atoms with van der Waals surface area (Å²) in [5, 5.41) is 3.42. The Kier molecular flexibility index (Phi) is 5.62. The summed E-state index contributed by atoms with van der Waals surface area (Å²) in [6.45, 7) is 0. The molecule has 1 saturated carbocycles. The highest BCUT2D eigenvalue weighted by Crippen LogP contribution is 2.38. The lowest BCUT2D eigenvalue weighted by Gasteiger charge is -2.43. The van der Waals surface area contributed by atoms with Gasteiger partial charge in [-0.25, -0.2) is 8.42 Å². The van der Waals surface area contributed by atoms with Gasteiger partial charge >= 0.3 is 0 Å². The molecule has 0 heterocycles. The quantitative estimate of drug-likeness (QED) is 0.761.